The van der Waals surface area contributed by atoms with Crippen LogP contribution in [-0.2, 0) is 17.8 Å². The number of nitro groups is 1. The van der Waals surface area contributed by atoms with Crippen molar-refractivity contribution in [2.75, 3.05) is 0 Å². The fraction of sp³-hybridized carbons (Fsp3) is 0.133. The maximum Gasteiger partial charge on any atom is 0.273 e. The number of benzene rings is 2. The largest absolute Gasteiger partial charge is 0.352 e. The molecule has 0 radical (unpaired) electrons. The van der Waals surface area contributed by atoms with Gasteiger partial charge in [-0.2, -0.15) is 0 Å². The molecule has 0 saturated carbocycles. The van der Waals surface area contributed by atoms with Crippen LogP contribution in [0.1, 0.15) is 11.1 Å². The van der Waals surface area contributed by atoms with Gasteiger partial charge in [0.1, 0.15) is 0 Å². The second-order valence-corrected chi connectivity index (χ2v) is 5.38. The van der Waals surface area contributed by atoms with E-state index >= 15 is 0 Å². The van der Waals surface area contributed by atoms with Crippen LogP contribution in [0.4, 0.5) is 5.69 Å². The molecule has 21 heavy (non-hydrogen) atoms. The first-order chi connectivity index (χ1) is 10.1. The summed E-state index contributed by atoms with van der Waals surface area (Å²) in [4.78, 5) is 22.3. The van der Waals surface area contributed by atoms with Crippen molar-refractivity contribution < 1.29 is 9.72 Å². The zero-order valence-corrected chi connectivity index (χ0v) is 12.7. The Kier molecular flexibility index (Phi) is 5.05. The van der Waals surface area contributed by atoms with Crippen molar-refractivity contribution in [2.45, 2.75) is 13.0 Å². The molecule has 0 spiro atoms. The molecule has 2 aromatic rings. The normalized spacial score (nSPS) is 10.1. The van der Waals surface area contributed by atoms with E-state index in [4.69, 9.17) is 0 Å². The van der Waals surface area contributed by atoms with Gasteiger partial charge >= 0.3 is 0 Å². The van der Waals surface area contributed by atoms with Gasteiger partial charge in [-0.05, 0) is 17.7 Å². The predicted molar refractivity (Wildman–Crippen MR) is 82.8 cm³/mol. The molecule has 2 aromatic carbocycles. The van der Waals surface area contributed by atoms with Gasteiger partial charge in [-0.1, -0.05) is 46.3 Å². The van der Waals surface area contributed by atoms with Crippen LogP contribution >= 0.6 is 15.9 Å². The third kappa shape index (κ3) is 4.39. The zero-order chi connectivity index (χ0) is 15.2. The van der Waals surface area contributed by atoms with Crippen LogP contribution in [-0.4, -0.2) is 10.8 Å². The molecule has 1 amide bonds. The molecule has 0 aromatic heterocycles. The lowest BCUT2D eigenvalue weighted by Crippen LogP contribution is -2.24. The number of nitrogens with one attached hydrogen (secondary N) is 1. The van der Waals surface area contributed by atoms with Gasteiger partial charge in [0.25, 0.3) is 5.69 Å². The van der Waals surface area contributed by atoms with Crippen molar-refractivity contribution in [1.29, 1.82) is 0 Å². The third-order valence-corrected chi connectivity index (χ3v) is 3.41. The molecule has 0 aliphatic carbocycles. The van der Waals surface area contributed by atoms with E-state index in [1.54, 1.807) is 18.2 Å². The van der Waals surface area contributed by atoms with Crippen LogP contribution in [0.3, 0.4) is 0 Å². The summed E-state index contributed by atoms with van der Waals surface area (Å²) in [5.41, 5.74) is 1.34. The Morgan fingerprint density at radius 1 is 1.19 bits per heavy atom. The summed E-state index contributed by atoms with van der Waals surface area (Å²) in [6, 6.07) is 13.9. The monoisotopic (exact) mass is 348 g/mol. The van der Waals surface area contributed by atoms with Crippen molar-refractivity contribution in [3.05, 3.63) is 74.2 Å². The van der Waals surface area contributed by atoms with Crippen molar-refractivity contribution >= 4 is 27.5 Å². The van der Waals surface area contributed by atoms with Gasteiger partial charge in [-0.3, -0.25) is 14.9 Å². The predicted octanol–water partition coefficient (Wildman–Crippen LogP) is 3.22. The third-order valence-electron chi connectivity index (χ3n) is 2.92. The molecule has 0 heterocycles. The Bertz CT molecular complexity index is 673. The first-order valence-electron chi connectivity index (χ1n) is 6.29. The maximum absolute atomic E-state index is 11.9. The van der Waals surface area contributed by atoms with Crippen molar-refractivity contribution in [1.82, 2.24) is 5.32 Å². The number of nitro benzene ring substituents is 1. The number of para-hydroxylation sites is 1. The zero-order valence-electron chi connectivity index (χ0n) is 11.1. The summed E-state index contributed by atoms with van der Waals surface area (Å²) in [6.07, 6.45) is -0.00877. The standard InChI is InChI=1S/C15H13BrN2O3/c16-13-6-3-4-11(8-13)10-17-15(19)9-12-5-1-2-7-14(12)18(20)21/h1-8H,9-10H2,(H,17,19). The van der Waals surface area contributed by atoms with Crippen LogP contribution < -0.4 is 5.32 Å². The Balaban J connectivity index is 1.98. The second-order valence-electron chi connectivity index (χ2n) is 4.47. The lowest BCUT2D eigenvalue weighted by Gasteiger charge is -2.06. The Hall–Kier alpha value is -2.21. The smallest absolute Gasteiger partial charge is 0.273 e. The SMILES string of the molecule is O=C(Cc1ccccc1[N+](=O)[O-])NCc1cccc(Br)c1. The van der Waals surface area contributed by atoms with Crippen LogP contribution in [0.5, 0.6) is 0 Å². The van der Waals surface area contributed by atoms with Gasteiger partial charge in [0, 0.05) is 22.6 Å². The molecular formula is C15H13BrN2O3. The number of halogens is 1. The number of hydrogen-bond acceptors (Lipinski definition) is 3. The van der Waals surface area contributed by atoms with E-state index in [0.717, 1.165) is 10.0 Å². The molecule has 0 fully saturated rings. The summed E-state index contributed by atoms with van der Waals surface area (Å²) in [5, 5.41) is 13.6. The van der Waals surface area contributed by atoms with Crippen molar-refractivity contribution in [3.8, 4) is 0 Å². The molecule has 0 atom stereocenters. The topological polar surface area (TPSA) is 72.2 Å². The average Bonchev–Trinajstić information content (AvgIpc) is 2.45. The van der Waals surface area contributed by atoms with E-state index in [2.05, 4.69) is 21.2 Å². The van der Waals surface area contributed by atoms with Gasteiger partial charge in [0.2, 0.25) is 5.91 Å². The van der Waals surface area contributed by atoms with E-state index in [1.807, 2.05) is 24.3 Å². The maximum atomic E-state index is 11.9. The Labute approximate surface area is 130 Å². The van der Waals surface area contributed by atoms with Gasteiger partial charge < -0.3 is 5.32 Å². The molecule has 0 bridgehead atoms. The summed E-state index contributed by atoms with van der Waals surface area (Å²) in [6.45, 7) is 0.388. The molecule has 108 valence electrons. The fourth-order valence-electron chi connectivity index (χ4n) is 1.92. The highest BCUT2D eigenvalue weighted by atomic mass is 79.9. The second kappa shape index (κ2) is 6.99. The average molecular weight is 349 g/mol. The molecule has 2 rings (SSSR count). The molecule has 5 nitrogen and oxygen atoms in total. The van der Waals surface area contributed by atoms with Gasteiger partial charge in [-0.25, -0.2) is 0 Å². The molecule has 0 unspecified atom stereocenters. The summed E-state index contributed by atoms with van der Waals surface area (Å²) in [5.74, 6) is -0.246. The minimum Gasteiger partial charge on any atom is -0.352 e. The fourth-order valence-corrected chi connectivity index (χ4v) is 2.37. The molecule has 0 aliphatic rings. The van der Waals surface area contributed by atoms with Crippen LogP contribution in [0.2, 0.25) is 0 Å². The van der Waals surface area contributed by atoms with E-state index in [1.165, 1.54) is 6.07 Å². The Morgan fingerprint density at radius 3 is 2.67 bits per heavy atom. The first-order valence-corrected chi connectivity index (χ1v) is 7.09. The van der Waals surface area contributed by atoms with Gasteiger partial charge in [0.05, 0.1) is 11.3 Å². The quantitative estimate of drug-likeness (QED) is 0.665. The molecule has 6 heteroatoms. The van der Waals surface area contributed by atoms with E-state index in [9.17, 15) is 14.9 Å². The number of carbonyl (C=O) groups is 1. The summed E-state index contributed by atoms with van der Waals surface area (Å²) < 4.78 is 0.938. The number of rotatable bonds is 5. The van der Waals surface area contributed by atoms with E-state index in [0.29, 0.717) is 12.1 Å². The highest BCUT2D eigenvalue weighted by molar-refractivity contribution is 9.10. The van der Waals surface area contributed by atoms with Crippen molar-refractivity contribution in [2.24, 2.45) is 0 Å². The number of amides is 1. The highest BCUT2D eigenvalue weighted by Crippen LogP contribution is 2.18. The van der Waals surface area contributed by atoms with Gasteiger partial charge in [-0.15, -0.1) is 0 Å². The highest BCUT2D eigenvalue weighted by Gasteiger charge is 2.15. The molecule has 0 aliphatic heterocycles. The minimum absolute atomic E-state index is 0.00877. The molecule has 1 N–H and O–H groups in total. The first kappa shape index (κ1) is 15.2. The van der Waals surface area contributed by atoms with Crippen molar-refractivity contribution in [3.63, 3.8) is 0 Å². The molecular weight excluding hydrogens is 336 g/mol. The van der Waals surface area contributed by atoms with E-state index in [-0.39, 0.29) is 18.0 Å². The summed E-state index contributed by atoms with van der Waals surface area (Å²) in [7, 11) is 0. The number of nitrogens with zero attached hydrogens (tertiary/aromatic N) is 1. The van der Waals surface area contributed by atoms with Crippen LogP contribution in [0.25, 0.3) is 0 Å². The van der Waals surface area contributed by atoms with E-state index < -0.39 is 4.92 Å². The number of hydrogen-bond donors (Lipinski definition) is 1. The lowest BCUT2D eigenvalue weighted by molar-refractivity contribution is -0.385. The van der Waals surface area contributed by atoms with Crippen LogP contribution in [0.15, 0.2) is 53.0 Å². The lowest BCUT2D eigenvalue weighted by atomic mass is 10.1. The minimum atomic E-state index is -0.475. The Morgan fingerprint density at radius 2 is 1.95 bits per heavy atom. The van der Waals surface area contributed by atoms with Gasteiger partial charge in [0.15, 0.2) is 0 Å². The molecule has 0 saturated heterocycles. The number of carbonyl (C=O) groups excluding carboxylic acids is 1. The summed E-state index contributed by atoms with van der Waals surface area (Å²) >= 11 is 3.36. The van der Waals surface area contributed by atoms with Crippen LogP contribution in [0, 0.1) is 10.1 Å².